The molecule has 1 aromatic rings. The average molecular weight is 443 g/mol. The third-order valence-corrected chi connectivity index (χ3v) is 7.41. The molecule has 7 heteroatoms. The number of carbonyl (C=O) groups is 2. The number of amides is 2. The van der Waals surface area contributed by atoms with Crippen molar-refractivity contribution < 1.29 is 14.7 Å². The quantitative estimate of drug-likeness (QED) is 0.604. The Balaban J connectivity index is 1.53. The maximum atomic E-state index is 13.4. The van der Waals surface area contributed by atoms with Gasteiger partial charge in [0.05, 0.1) is 28.6 Å². The zero-order chi connectivity index (χ0) is 23.3. The van der Waals surface area contributed by atoms with E-state index < -0.39 is 11.1 Å². The molecule has 2 unspecified atom stereocenters. The fourth-order valence-electron chi connectivity index (χ4n) is 6.49. The average Bonchev–Trinajstić information content (AvgIpc) is 3.02. The highest BCUT2D eigenvalue weighted by Crippen LogP contribution is 2.55. The molecule has 4 fully saturated rings. The van der Waals surface area contributed by atoms with Crippen LogP contribution in [0.15, 0.2) is 12.3 Å². The zero-order valence-corrected chi connectivity index (χ0v) is 20.0. The van der Waals surface area contributed by atoms with Crippen LogP contribution in [-0.2, 0) is 11.2 Å². The van der Waals surface area contributed by atoms with Crippen LogP contribution in [0.5, 0.6) is 0 Å². The van der Waals surface area contributed by atoms with Crippen molar-refractivity contribution in [2.75, 3.05) is 0 Å². The summed E-state index contributed by atoms with van der Waals surface area (Å²) in [5.74, 6) is 1.56. The van der Waals surface area contributed by atoms with Gasteiger partial charge < -0.3 is 15.7 Å². The van der Waals surface area contributed by atoms with Crippen molar-refractivity contribution in [3.8, 4) is 0 Å². The fourth-order valence-corrected chi connectivity index (χ4v) is 6.49. The van der Waals surface area contributed by atoms with Crippen molar-refractivity contribution in [3.05, 3.63) is 23.5 Å². The summed E-state index contributed by atoms with van der Waals surface area (Å²) in [5, 5.41) is 21.6. The summed E-state index contributed by atoms with van der Waals surface area (Å²) in [6.07, 6.45) is 10.9. The first kappa shape index (κ1) is 23.0. The van der Waals surface area contributed by atoms with Crippen molar-refractivity contribution >= 4 is 18.0 Å². The first-order valence-corrected chi connectivity index (χ1v) is 12.0. The van der Waals surface area contributed by atoms with Gasteiger partial charge >= 0.3 is 0 Å². The molecule has 4 aliphatic carbocycles. The lowest BCUT2D eigenvalue weighted by Gasteiger charge is -2.58. The summed E-state index contributed by atoms with van der Waals surface area (Å²) in [6, 6.07) is 0.142. The van der Waals surface area contributed by atoms with Crippen molar-refractivity contribution in [1.82, 2.24) is 20.4 Å². The van der Waals surface area contributed by atoms with Gasteiger partial charge in [-0.1, -0.05) is 13.8 Å². The van der Waals surface area contributed by atoms with Crippen LogP contribution in [0.4, 0.5) is 0 Å². The second-order valence-corrected chi connectivity index (χ2v) is 11.5. The number of nitrogens with one attached hydrogen (secondary N) is 2. The highest BCUT2D eigenvalue weighted by Gasteiger charge is 2.55. The lowest BCUT2D eigenvalue weighted by molar-refractivity contribution is -0.136. The fraction of sp³-hybridized carbons (Fsp3) is 0.720. The van der Waals surface area contributed by atoms with Gasteiger partial charge in [-0.3, -0.25) is 9.59 Å². The summed E-state index contributed by atoms with van der Waals surface area (Å²) < 4.78 is 1.76. The van der Waals surface area contributed by atoms with Gasteiger partial charge in [0.1, 0.15) is 0 Å². The molecule has 3 N–H and O–H groups in total. The van der Waals surface area contributed by atoms with E-state index in [0.29, 0.717) is 29.2 Å². The topological polar surface area (TPSA) is 96.2 Å². The summed E-state index contributed by atoms with van der Waals surface area (Å²) in [6.45, 7) is 9.60. The summed E-state index contributed by atoms with van der Waals surface area (Å²) in [4.78, 5) is 24.8. The molecule has 0 radical (unpaired) electrons. The van der Waals surface area contributed by atoms with Gasteiger partial charge in [-0.2, -0.15) is 5.10 Å². The highest BCUT2D eigenvalue weighted by atomic mass is 16.3. The molecule has 4 saturated carbocycles. The highest BCUT2D eigenvalue weighted by molar-refractivity contribution is 5.95. The predicted molar refractivity (Wildman–Crippen MR) is 124 cm³/mol. The Labute approximate surface area is 191 Å². The van der Waals surface area contributed by atoms with Crippen molar-refractivity contribution in [2.45, 2.75) is 90.3 Å². The standard InChI is InChI=1S/C25H38N4O3/c1-15(2)8-21-20(14-26-29(21)7-6-24(4,5)28-16(3)30)23(31)27-22-18-9-17-10-19(22)13-25(32,11-17)12-18/h6-7,14-15,17-19,22,32H,8-13H2,1-5H3,(H,27,31)(H,28,30)/b7-6+. The first-order chi connectivity index (χ1) is 14.9. The van der Waals surface area contributed by atoms with Gasteiger partial charge in [0.25, 0.3) is 5.91 Å². The molecule has 176 valence electrons. The number of aromatic nitrogens is 2. The van der Waals surface area contributed by atoms with Gasteiger partial charge in [0.15, 0.2) is 0 Å². The van der Waals surface area contributed by atoms with E-state index in [9.17, 15) is 14.7 Å². The van der Waals surface area contributed by atoms with Crippen molar-refractivity contribution in [3.63, 3.8) is 0 Å². The number of aliphatic hydroxyl groups is 1. The molecule has 0 saturated heterocycles. The van der Waals surface area contributed by atoms with E-state index in [1.165, 1.54) is 6.92 Å². The number of nitrogens with zero attached hydrogens (tertiary/aromatic N) is 2. The molecule has 0 aromatic carbocycles. The van der Waals surface area contributed by atoms with E-state index in [1.54, 1.807) is 10.9 Å². The predicted octanol–water partition coefficient (Wildman–Crippen LogP) is 3.14. The minimum Gasteiger partial charge on any atom is -0.390 e. The van der Waals surface area contributed by atoms with E-state index in [2.05, 4.69) is 29.6 Å². The van der Waals surface area contributed by atoms with Gasteiger partial charge in [-0.25, -0.2) is 4.68 Å². The van der Waals surface area contributed by atoms with Crippen molar-refractivity contribution in [1.29, 1.82) is 0 Å². The molecule has 32 heavy (non-hydrogen) atoms. The van der Waals surface area contributed by atoms with Crippen LogP contribution in [0, 0.1) is 23.7 Å². The number of hydrogen-bond donors (Lipinski definition) is 3. The van der Waals surface area contributed by atoms with Crippen molar-refractivity contribution in [2.24, 2.45) is 23.7 Å². The largest absolute Gasteiger partial charge is 0.390 e. The van der Waals surface area contributed by atoms with E-state index in [1.807, 2.05) is 26.1 Å². The third kappa shape index (κ3) is 4.77. The molecule has 0 spiro atoms. The van der Waals surface area contributed by atoms with Gasteiger partial charge in [-0.05, 0) is 82.1 Å². The summed E-state index contributed by atoms with van der Waals surface area (Å²) >= 11 is 0. The number of carbonyl (C=O) groups excluding carboxylic acids is 2. The van der Waals surface area contributed by atoms with Gasteiger partial charge in [-0.15, -0.1) is 0 Å². The molecule has 1 heterocycles. The van der Waals surface area contributed by atoms with Crippen LogP contribution in [0.1, 0.15) is 82.8 Å². The first-order valence-electron chi connectivity index (χ1n) is 12.0. The van der Waals surface area contributed by atoms with Crippen LogP contribution < -0.4 is 10.6 Å². The van der Waals surface area contributed by atoms with Crippen LogP contribution in [0.25, 0.3) is 6.20 Å². The Kier molecular flexibility index (Phi) is 5.99. The zero-order valence-electron chi connectivity index (χ0n) is 20.0. The molecule has 2 atom stereocenters. The Hall–Kier alpha value is -2.15. The normalized spacial score (nSPS) is 31.5. The minimum atomic E-state index is -0.518. The summed E-state index contributed by atoms with van der Waals surface area (Å²) in [7, 11) is 0. The SMILES string of the molecule is CC(=O)NC(C)(C)/C=C/n1ncc(C(=O)NC2C3CC4CC2CC(O)(C4)C3)c1CC(C)C. The maximum Gasteiger partial charge on any atom is 0.255 e. The molecule has 0 aliphatic heterocycles. The van der Waals surface area contributed by atoms with Gasteiger partial charge in [0.2, 0.25) is 5.91 Å². The second-order valence-electron chi connectivity index (χ2n) is 11.5. The minimum absolute atomic E-state index is 0.0640. The lowest BCUT2D eigenvalue weighted by atomic mass is 9.52. The third-order valence-electron chi connectivity index (χ3n) is 7.41. The van der Waals surface area contributed by atoms with Crippen LogP contribution in [-0.4, -0.2) is 43.9 Å². The summed E-state index contributed by atoms with van der Waals surface area (Å²) in [5.41, 5.74) is 0.482. The smallest absolute Gasteiger partial charge is 0.255 e. The molecule has 5 rings (SSSR count). The Morgan fingerprint density at radius 1 is 1.28 bits per heavy atom. The molecule has 2 amide bonds. The van der Waals surface area contributed by atoms with E-state index in [0.717, 1.165) is 44.2 Å². The van der Waals surface area contributed by atoms with E-state index >= 15 is 0 Å². The monoisotopic (exact) mass is 442 g/mol. The van der Waals surface area contributed by atoms with E-state index in [-0.39, 0.29) is 17.9 Å². The second kappa shape index (κ2) is 8.32. The molecule has 1 aromatic heterocycles. The van der Waals surface area contributed by atoms with Crippen LogP contribution >= 0.6 is 0 Å². The molecule has 4 bridgehead atoms. The number of rotatable bonds is 7. The molecule has 7 nitrogen and oxygen atoms in total. The van der Waals surface area contributed by atoms with Crippen LogP contribution in [0.2, 0.25) is 0 Å². The Morgan fingerprint density at radius 3 is 2.50 bits per heavy atom. The lowest BCUT2D eigenvalue weighted by Crippen LogP contribution is -2.61. The maximum absolute atomic E-state index is 13.4. The number of hydrogen-bond acceptors (Lipinski definition) is 4. The molecule has 4 aliphatic rings. The van der Waals surface area contributed by atoms with Crippen LogP contribution in [0.3, 0.4) is 0 Å². The molecular formula is C25H38N4O3. The Bertz CT molecular complexity index is 900. The molecular weight excluding hydrogens is 404 g/mol. The van der Waals surface area contributed by atoms with Gasteiger partial charge in [0, 0.05) is 19.2 Å². The van der Waals surface area contributed by atoms with E-state index in [4.69, 9.17) is 0 Å². The Morgan fingerprint density at radius 2 is 1.94 bits per heavy atom.